The summed E-state index contributed by atoms with van der Waals surface area (Å²) in [5, 5.41) is 0. The van der Waals surface area contributed by atoms with Crippen molar-refractivity contribution in [2.24, 2.45) is 0 Å². The zero-order chi connectivity index (χ0) is 17.6. The van der Waals surface area contributed by atoms with Crippen LogP contribution in [0.2, 0.25) is 0 Å². The molecule has 4 nitrogen and oxygen atoms in total. The normalized spacial score (nSPS) is 12.4. The molecule has 0 saturated heterocycles. The van der Waals surface area contributed by atoms with Gasteiger partial charge in [-0.3, -0.25) is 4.79 Å². The van der Waals surface area contributed by atoms with Crippen molar-refractivity contribution >= 4 is 65.3 Å². The van der Waals surface area contributed by atoms with E-state index in [4.69, 9.17) is 4.74 Å². The molecule has 2 heterocycles. The van der Waals surface area contributed by atoms with Gasteiger partial charge in [-0.1, -0.05) is 23.5 Å². The van der Waals surface area contributed by atoms with Gasteiger partial charge in [0.1, 0.15) is 5.75 Å². The lowest BCUT2D eigenvalue weighted by molar-refractivity contribution is 0.336. The average Bonchev–Trinajstić information content (AvgIpc) is 3.08. The number of aromatic nitrogens is 2. The molecule has 0 saturated carbocycles. The second-order valence-electron chi connectivity index (χ2n) is 5.38. The molecule has 0 radical (unpaired) electrons. The molecule has 0 spiro atoms. The summed E-state index contributed by atoms with van der Waals surface area (Å²) in [6.07, 6.45) is 1.88. The Morgan fingerprint density at radius 3 is 2.68 bits per heavy atom. The first-order valence-corrected chi connectivity index (χ1v) is 10.0. The molecule has 0 aliphatic heterocycles. The predicted octanol–water partition coefficient (Wildman–Crippen LogP) is 4.38. The summed E-state index contributed by atoms with van der Waals surface area (Å²) in [7, 11) is 0. The van der Waals surface area contributed by atoms with Gasteiger partial charge in [0.05, 0.1) is 31.1 Å². The van der Waals surface area contributed by atoms with Crippen LogP contribution in [-0.2, 0) is 0 Å². The summed E-state index contributed by atoms with van der Waals surface area (Å²) >= 11 is 8.44. The predicted molar refractivity (Wildman–Crippen MR) is 109 cm³/mol. The van der Waals surface area contributed by atoms with Gasteiger partial charge in [0, 0.05) is 0 Å². The van der Waals surface area contributed by atoms with Gasteiger partial charge in [-0.05, 0) is 74.7 Å². The van der Waals surface area contributed by atoms with E-state index < -0.39 is 0 Å². The largest absolute Gasteiger partial charge is 0.492 e. The third-order valence-corrected chi connectivity index (χ3v) is 5.90. The lowest BCUT2D eigenvalue weighted by atomic mass is 10.2. The van der Waals surface area contributed by atoms with E-state index in [1.54, 1.807) is 4.40 Å². The van der Waals surface area contributed by atoms with E-state index in [0.717, 1.165) is 31.3 Å². The number of ether oxygens (including phenoxy) is 1. The van der Waals surface area contributed by atoms with Crippen LogP contribution >= 0.6 is 43.2 Å². The highest BCUT2D eigenvalue weighted by atomic mass is 79.9. The van der Waals surface area contributed by atoms with Crippen LogP contribution in [0.3, 0.4) is 0 Å². The zero-order valence-corrected chi connectivity index (χ0v) is 17.1. The van der Waals surface area contributed by atoms with Gasteiger partial charge in [-0.2, -0.15) is 0 Å². The number of fused-ring (bicyclic) bond motifs is 3. The van der Waals surface area contributed by atoms with Crippen molar-refractivity contribution in [2.45, 2.75) is 6.92 Å². The third-order valence-electron chi connectivity index (χ3n) is 3.75. The van der Waals surface area contributed by atoms with E-state index in [-0.39, 0.29) is 5.56 Å². The van der Waals surface area contributed by atoms with Crippen LogP contribution in [-0.4, -0.2) is 16.0 Å². The molecule has 0 fully saturated rings. The van der Waals surface area contributed by atoms with E-state index in [2.05, 4.69) is 36.8 Å². The van der Waals surface area contributed by atoms with Crippen LogP contribution in [0.1, 0.15) is 12.5 Å². The Hall–Kier alpha value is -1.70. The first-order valence-electron chi connectivity index (χ1n) is 7.62. The zero-order valence-electron chi connectivity index (χ0n) is 13.1. The van der Waals surface area contributed by atoms with Crippen LogP contribution in [0.15, 0.2) is 50.1 Å². The number of para-hydroxylation sites is 2. The highest BCUT2D eigenvalue weighted by Crippen LogP contribution is 2.35. The van der Waals surface area contributed by atoms with Crippen LogP contribution in [0.25, 0.3) is 22.1 Å². The number of imidazole rings is 1. The first-order chi connectivity index (χ1) is 12.1. The quantitative estimate of drug-likeness (QED) is 0.438. The minimum atomic E-state index is -0.0465. The van der Waals surface area contributed by atoms with Crippen LogP contribution in [0.5, 0.6) is 5.75 Å². The van der Waals surface area contributed by atoms with Crippen molar-refractivity contribution in [2.75, 3.05) is 6.61 Å². The van der Waals surface area contributed by atoms with E-state index in [9.17, 15) is 4.79 Å². The number of hydrogen-bond donors (Lipinski definition) is 0. The average molecular weight is 480 g/mol. The summed E-state index contributed by atoms with van der Waals surface area (Å²) in [5.41, 5.74) is 2.54. The number of halogens is 2. The summed E-state index contributed by atoms with van der Waals surface area (Å²) in [5.74, 6) is 0.758. The first kappa shape index (κ1) is 16.8. The number of benzene rings is 2. The van der Waals surface area contributed by atoms with E-state index >= 15 is 0 Å². The maximum Gasteiger partial charge on any atom is 0.274 e. The number of rotatable bonds is 3. The maximum absolute atomic E-state index is 12.8. The molecule has 0 unspecified atom stereocenters. The minimum Gasteiger partial charge on any atom is -0.492 e. The van der Waals surface area contributed by atoms with Crippen molar-refractivity contribution in [3.8, 4) is 5.75 Å². The molecule has 2 aromatic carbocycles. The van der Waals surface area contributed by atoms with Gasteiger partial charge in [-0.15, -0.1) is 0 Å². The number of nitrogens with zero attached hydrogens (tertiary/aromatic N) is 2. The Bertz CT molecular complexity index is 1190. The molecule has 4 aromatic rings. The van der Waals surface area contributed by atoms with Gasteiger partial charge >= 0.3 is 0 Å². The lowest BCUT2D eigenvalue weighted by Crippen LogP contribution is -2.22. The van der Waals surface area contributed by atoms with Gasteiger partial charge in [0.25, 0.3) is 5.56 Å². The Balaban J connectivity index is 1.90. The molecule has 25 heavy (non-hydrogen) atoms. The van der Waals surface area contributed by atoms with Gasteiger partial charge in [-0.25, -0.2) is 9.38 Å². The Labute approximate surface area is 164 Å². The molecule has 2 aromatic heterocycles. The second-order valence-corrected chi connectivity index (χ2v) is 8.10. The summed E-state index contributed by atoms with van der Waals surface area (Å²) < 4.78 is 9.60. The molecule has 0 N–H and O–H groups in total. The number of hydrogen-bond acceptors (Lipinski definition) is 4. The Morgan fingerprint density at radius 1 is 1.24 bits per heavy atom. The Kier molecular flexibility index (Phi) is 4.39. The topological polar surface area (TPSA) is 43.6 Å². The molecule has 0 aliphatic carbocycles. The molecule has 0 atom stereocenters. The molecule has 7 heteroatoms. The molecule has 0 amide bonds. The van der Waals surface area contributed by atoms with E-state index in [1.807, 2.05) is 49.4 Å². The van der Waals surface area contributed by atoms with Gasteiger partial charge in [0.15, 0.2) is 4.96 Å². The fourth-order valence-corrected chi connectivity index (χ4v) is 5.15. The van der Waals surface area contributed by atoms with Crippen LogP contribution in [0.4, 0.5) is 0 Å². The smallest absolute Gasteiger partial charge is 0.274 e. The standard InChI is InChI=1S/C18H12Br2N2O2S/c1-2-24-16-11(19)7-10(8-12(16)20)9-15-17(23)22-14-6-4-3-5-13(14)21-18(22)25-15/h3-9H,2H2,1H3. The van der Waals surface area contributed by atoms with E-state index in [1.165, 1.54) is 11.3 Å². The second kappa shape index (κ2) is 6.55. The highest BCUT2D eigenvalue weighted by Gasteiger charge is 2.12. The summed E-state index contributed by atoms with van der Waals surface area (Å²) in [6, 6.07) is 11.5. The monoisotopic (exact) mass is 478 g/mol. The molecule has 126 valence electrons. The number of thiazole rings is 1. The fraction of sp³-hybridized carbons (Fsp3) is 0.111. The molecular weight excluding hydrogens is 468 g/mol. The third kappa shape index (κ3) is 2.90. The van der Waals surface area contributed by atoms with Gasteiger partial charge < -0.3 is 4.74 Å². The van der Waals surface area contributed by atoms with Crippen LogP contribution < -0.4 is 14.8 Å². The summed E-state index contributed by atoms with van der Waals surface area (Å²) in [6.45, 7) is 2.52. The van der Waals surface area contributed by atoms with Crippen LogP contribution in [0, 0.1) is 0 Å². The Morgan fingerprint density at radius 2 is 1.96 bits per heavy atom. The molecule has 0 aliphatic rings. The van der Waals surface area contributed by atoms with Crippen molar-refractivity contribution < 1.29 is 4.74 Å². The van der Waals surface area contributed by atoms with Gasteiger partial charge in [0.2, 0.25) is 0 Å². The molecular formula is C18H12Br2N2O2S. The SMILES string of the molecule is CCOc1c(Br)cc(C=c2sc3nc4ccccc4n3c2=O)cc1Br. The van der Waals surface area contributed by atoms with Crippen molar-refractivity contribution in [3.63, 3.8) is 0 Å². The van der Waals surface area contributed by atoms with Crippen molar-refractivity contribution in [1.82, 2.24) is 9.38 Å². The highest BCUT2D eigenvalue weighted by molar-refractivity contribution is 9.11. The molecule has 4 rings (SSSR count). The lowest BCUT2D eigenvalue weighted by Gasteiger charge is -2.09. The molecule has 0 bridgehead atoms. The maximum atomic E-state index is 12.8. The van der Waals surface area contributed by atoms with Crippen molar-refractivity contribution in [1.29, 1.82) is 0 Å². The fourth-order valence-electron chi connectivity index (χ4n) is 2.71. The van der Waals surface area contributed by atoms with E-state index in [0.29, 0.717) is 16.1 Å². The minimum absolute atomic E-state index is 0.0465. The summed E-state index contributed by atoms with van der Waals surface area (Å²) in [4.78, 5) is 18.0. The van der Waals surface area contributed by atoms with Crippen molar-refractivity contribution in [3.05, 3.63) is 65.8 Å².